The molecule has 0 N–H and O–H groups in total. The number of para-hydroxylation sites is 1. The second-order valence-electron chi connectivity index (χ2n) is 23.4. The summed E-state index contributed by atoms with van der Waals surface area (Å²) in [6.45, 7) is 31.3. The quantitative estimate of drug-likeness (QED) is 0.166. The van der Waals surface area contributed by atoms with E-state index in [0.29, 0.717) is 11.8 Å². The van der Waals surface area contributed by atoms with Crippen LogP contribution in [0.15, 0.2) is 130 Å². The first-order chi connectivity index (χ1) is 30.1. The van der Waals surface area contributed by atoms with E-state index in [1.54, 1.807) is 5.57 Å². The van der Waals surface area contributed by atoms with Gasteiger partial charge in [0.25, 0.3) is 0 Å². The van der Waals surface area contributed by atoms with Crippen LogP contribution >= 0.6 is 11.3 Å². The summed E-state index contributed by atoms with van der Waals surface area (Å²) in [5.74, 6) is 0.854. The monoisotopic (exact) mass is 865 g/mol. The fraction of sp³-hybridized carbons (Fsp3) is 0.400. The van der Waals surface area contributed by atoms with Gasteiger partial charge in [0.1, 0.15) is 11.2 Å². The number of furan rings is 1. The largest absolute Gasteiger partial charge is 0.456 e. The summed E-state index contributed by atoms with van der Waals surface area (Å²) in [6.07, 6.45) is 9.97. The van der Waals surface area contributed by atoms with E-state index in [2.05, 4.69) is 214 Å². The first-order valence-corrected chi connectivity index (χ1v) is 24.7. The van der Waals surface area contributed by atoms with Gasteiger partial charge in [0.2, 0.25) is 0 Å². The van der Waals surface area contributed by atoms with Gasteiger partial charge in [-0.15, -0.1) is 11.3 Å². The first kappa shape index (κ1) is 42.9. The lowest BCUT2D eigenvalue weighted by Gasteiger charge is -2.52. The van der Waals surface area contributed by atoms with Crippen LogP contribution < -0.4 is 9.80 Å². The van der Waals surface area contributed by atoms with Gasteiger partial charge in [0.15, 0.2) is 0 Å². The summed E-state index contributed by atoms with van der Waals surface area (Å²) >= 11 is 1.88. The van der Waals surface area contributed by atoms with Crippen molar-refractivity contribution >= 4 is 71.8 Å². The van der Waals surface area contributed by atoms with Crippen molar-refractivity contribution in [2.24, 2.45) is 22.7 Å². The molecule has 2 unspecified atom stereocenters. The molecule has 2 heterocycles. The Hall–Kier alpha value is -5.06. The highest BCUT2D eigenvalue weighted by atomic mass is 32.1. The molecule has 2 atom stereocenters. The Morgan fingerprint density at radius 2 is 1.27 bits per heavy atom. The van der Waals surface area contributed by atoms with E-state index in [-0.39, 0.29) is 27.1 Å². The van der Waals surface area contributed by atoms with Crippen molar-refractivity contribution in [3.63, 3.8) is 0 Å². The molecule has 0 bridgehead atoms. The Bertz CT molecular complexity index is 3030. The van der Waals surface area contributed by atoms with Crippen LogP contribution in [-0.2, 0) is 16.2 Å². The minimum Gasteiger partial charge on any atom is -0.456 e. The number of fused-ring (bicyclic) bond motifs is 6. The second-order valence-corrected chi connectivity index (χ2v) is 24.3. The average molecular weight is 865 g/mol. The first-order valence-electron chi connectivity index (χ1n) is 23.9. The summed E-state index contributed by atoms with van der Waals surface area (Å²) < 4.78 is 7.95. The maximum absolute atomic E-state index is 6.60. The topological polar surface area (TPSA) is 19.6 Å². The summed E-state index contributed by atoms with van der Waals surface area (Å²) in [7, 11) is 0. The molecule has 5 aromatic carbocycles. The van der Waals surface area contributed by atoms with E-state index in [9.17, 15) is 0 Å². The van der Waals surface area contributed by atoms with Crippen LogP contribution in [0.25, 0.3) is 32.0 Å². The van der Waals surface area contributed by atoms with Crippen molar-refractivity contribution in [2.75, 3.05) is 9.80 Å². The molecule has 3 aliphatic carbocycles. The van der Waals surface area contributed by atoms with Crippen LogP contribution in [0.5, 0.6) is 0 Å². The summed E-state index contributed by atoms with van der Waals surface area (Å²) in [4.78, 5) is 5.10. The van der Waals surface area contributed by atoms with Gasteiger partial charge in [0.05, 0.1) is 16.8 Å². The van der Waals surface area contributed by atoms with Gasteiger partial charge in [-0.2, -0.15) is 0 Å². The second kappa shape index (κ2) is 14.7. The third kappa shape index (κ3) is 7.05. The Balaban J connectivity index is 1.23. The molecule has 4 heteroatoms. The molecule has 330 valence electrons. The van der Waals surface area contributed by atoms with E-state index >= 15 is 0 Å². The van der Waals surface area contributed by atoms with Gasteiger partial charge in [0, 0.05) is 43.6 Å². The number of hydrogen-bond donors (Lipinski definition) is 0. The fourth-order valence-corrected chi connectivity index (χ4v) is 12.9. The molecule has 64 heavy (non-hydrogen) atoms. The van der Waals surface area contributed by atoms with Gasteiger partial charge < -0.3 is 14.2 Å². The number of nitrogens with zero attached hydrogens (tertiary/aromatic N) is 2. The van der Waals surface area contributed by atoms with Crippen molar-refractivity contribution in [2.45, 2.75) is 132 Å². The van der Waals surface area contributed by atoms with E-state index in [4.69, 9.17) is 4.42 Å². The molecule has 0 saturated heterocycles. The highest BCUT2D eigenvalue weighted by molar-refractivity contribution is 7.17. The maximum atomic E-state index is 6.60. The molecule has 0 spiro atoms. The van der Waals surface area contributed by atoms with Gasteiger partial charge in [-0.1, -0.05) is 131 Å². The zero-order valence-electron chi connectivity index (χ0n) is 40.7. The molecule has 10 rings (SSSR count). The van der Waals surface area contributed by atoms with E-state index in [0.717, 1.165) is 44.7 Å². The minimum atomic E-state index is 0.0473. The maximum Gasteiger partial charge on any atom is 0.137 e. The van der Waals surface area contributed by atoms with Gasteiger partial charge >= 0.3 is 0 Å². The van der Waals surface area contributed by atoms with Crippen molar-refractivity contribution in [3.8, 4) is 0 Å². The normalized spacial score (nSPS) is 21.0. The van der Waals surface area contributed by atoms with E-state index < -0.39 is 0 Å². The van der Waals surface area contributed by atoms with Gasteiger partial charge in [-0.05, 0) is 161 Å². The number of benzene rings is 5. The minimum absolute atomic E-state index is 0.0473. The summed E-state index contributed by atoms with van der Waals surface area (Å²) in [5, 5.41) is 6.02. The number of aryl methyl sites for hydroxylation is 1. The average Bonchev–Trinajstić information content (AvgIpc) is 3.82. The Kier molecular flexibility index (Phi) is 9.86. The van der Waals surface area contributed by atoms with Crippen molar-refractivity contribution in [1.29, 1.82) is 0 Å². The van der Waals surface area contributed by atoms with Crippen LogP contribution in [0, 0.1) is 29.6 Å². The lowest BCUT2D eigenvalue weighted by atomic mass is 9.53. The third-order valence-electron chi connectivity index (χ3n) is 15.8. The Morgan fingerprint density at radius 3 is 1.97 bits per heavy atom. The molecule has 0 amide bonds. The van der Waals surface area contributed by atoms with E-state index in [1.807, 2.05) is 11.3 Å². The van der Waals surface area contributed by atoms with Crippen LogP contribution in [0.3, 0.4) is 0 Å². The number of rotatable bonds is 6. The van der Waals surface area contributed by atoms with Crippen LogP contribution in [0.1, 0.15) is 131 Å². The molecule has 2 aromatic heterocycles. The molecule has 0 aliphatic heterocycles. The predicted octanol–water partition coefficient (Wildman–Crippen LogP) is 18.3. The lowest BCUT2D eigenvalue weighted by Crippen LogP contribution is -2.43. The standard InChI is InChI=1S/C60H68N2OS/c1-37-29-41(61(40-23-21-39(22-24-40)56(3,4)5)50-36-64-53-35-47-46(34-45(50)53)57(6,7)25-26-58(47,8)9)32-42(30-37)62(49-18-16-20-52-54(49)44-17-14-15-19-51(44)63-52)43-31-38(2)55-48(33-43)59(10,11)27-28-60(55,12)13/h14-24,29-36,38,55H,25-28H2,1-13H3. The van der Waals surface area contributed by atoms with Crippen LogP contribution in [0.4, 0.5) is 28.4 Å². The molecule has 3 nitrogen and oxygen atoms in total. The molecule has 1 saturated carbocycles. The predicted molar refractivity (Wildman–Crippen MR) is 277 cm³/mol. The number of allylic oxidation sites excluding steroid dienone is 3. The molecule has 7 aromatic rings. The fourth-order valence-electron chi connectivity index (χ4n) is 11.9. The zero-order valence-corrected chi connectivity index (χ0v) is 41.5. The third-order valence-corrected chi connectivity index (χ3v) is 16.8. The molecule has 0 radical (unpaired) electrons. The van der Waals surface area contributed by atoms with Crippen molar-refractivity contribution < 1.29 is 4.42 Å². The summed E-state index contributed by atoms with van der Waals surface area (Å²) in [6, 6.07) is 36.8. The van der Waals surface area contributed by atoms with Crippen molar-refractivity contribution in [3.05, 3.63) is 148 Å². The number of anilines is 5. The SMILES string of the molecule is Cc1cc(N(C2=CC(C)C3C(=C2)C(C)(C)CCC3(C)C)c2cccc3oc4ccccc4c23)cc(N(c2ccc(C(C)(C)C)cc2)c2csc3cc4c(cc23)C(C)(C)CCC4(C)C)c1. The van der Waals surface area contributed by atoms with Gasteiger partial charge in [-0.3, -0.25) is 0 Å². The zero-order chi connectivity index (χ0) is 45.3. The highest BCUT2D eigenvalue weighted by Gasteiger charge is 2.47. The number of thiophene rings is 1. The lowest BCUT2D eigenvalue weighted by molar-refractivity contribution is 0.0966. The molecule has 3 aliphatic rings. The van der Waals surface area contributed by atoms with Crippen LogP contribution in [-0.4, -0.2) is 0 Å². The molecule has 1 fully saturated rings. The Labute approximate surface area is 386 Å². The van der Waals surface area contributed by atoms with Crippen molar-refractivity contribution in [1.82, 2.24) is 0 Å². The van der Waals surface area contributed by atoms with E-state index in [1.165, 1.54) is 69.4 Å². The summed E-state index contributed by atoms with van der Waals surface area (Å²) in [5.41, 5.74) is 16.6. The molecular weight excluding hydrogens is 797 g/mol. The smallest absolute Gasteiger partial charge is 0.137 e. The highest BCUT2D eigenvalue weighted by Crippen LogP contribution is 2.58. The van der Waals surface area contributed by atoms with Gasteiger partial charge in [-0.25, -0.2) is 0 Å². The number of hydrogen-bond acceptors (Lipinski definition) is 4. The Morgan fingerprint density at radius 1 is 0.625 bits per heavy atom. The van der Waals surface area contributed by atoms with Crippen LogP contribution in [0.2, 0.25) is 0 Å². The molecular formula is C60H68N2OS.